The van der Waals surface area contributed by atoms with Crippen molar-refractivity contribution in [2.75, 3.05) is 7.11 Å². The second-order valence-corrected chi connectivity index (χ2v) is 4.56. The molecule has 0 aliphatic heterocycles. The van der Waals surface area contributed by atoms with Crippen molar-refractivity contribution in [2.45, 2.75) is 18.9 Å². The molecule has 1 atom stereocenters. The third-order valence-electron chi connectivity index (χ3n) is 3.14. The Morgan fingerprint density at radius 2 is 1.70 bits per heavy atom. The summed E-state index contributed by atoms with van der Waals surface area (Å²) in [6.07, 6.45) is 3.78. The van der Waals surface area contributed by atoms with E-state index in [2.05, 4.69) is 18.7 Å². The Bertz CT molecular complexity index is 517. The van der Waals surface area contributed by atoms with Gasteiger partial charge in [-0.3, -0.25) is 0 Å². The summed E-state index contributed by atoms with van der Waals surface area (Å²) >= 11 is 0. The molecule has 2 aromatic rings. The molecule has 0 N–H and O–H groups in total. The first-order chi connectivity index (χ1) is 9.83. The van der Waals surface area contributed by atoms with Crippen molar-refractivity contribution in [3.63, 3.8) is 0 Å². The van der Waals surface area contributed by atoms with Gasteiger partial charge in [-0.2, -0.15) is 0 Å². The lowest BCUT2D eigenvalue weighted by molar-refractivity contribution is 0.196. The van der Waals surface area contributed by atoms with Crippen LogP contribution in [-0.4, -0.2) is 7.11 Å². The highest BCUT2D eigenvalue weighted by Gasteiger charge is 2.12. The Morgan fingerprint density at radius 1 is 1.00 bits per heavy atom. The smallest absolute Gasteiger partial charge is 0.124 e. The molecule has 0 aliphatic rings. The molecule has 2 heteroatoms. The molecule has 1 unspecified atom stereocenters. The average molecular weight is 268 g/mol. The monoisotopic (exact) mass is 268 g/mol. The highest BCUT2D eigenvalue weighted by molar-refractivity contribution is 5.30. The van der Waals surface area contributed by atoms with Gasteiger partial charge in [0.15, 0.2) is 0 Å². The second-order valence-electron chi connectivity index (χ2n) is 4.56. The molecule has 104 valence electrons. The topological polar surface area (TPSA) is 18.5 Å². The Kier molecular flexibility index (Phi) is 5.24. The molecule has 2 nitrogen and oxygen atoms in total. The van der Waals surface area contributed by atoms with Crippen LogP contribution in [0.1, 0.15) is 24.5 Å². The molecule has 0 fully saturated rings. The Labute approximate surface area is 120 Å². The molecule has 0 bridgehead atoms. The summed E-state index contributed by atoms with van der Waals surface area (Å²) in [6, 6.07) is 17.9. The standard InChI is InChI=1S/C18H20O2/c1-3-4-10-18(20-17-8-6-5-7-9-17)15-11-13-16(19-2)14-12-15/h3,5-9,11-14,18H,1,4,10H2,2H3. The van der Waals surface area contributed by atoms with Crippen molar-refractivity contribution in [1.29, 1.82) is 0 Å². The number of rotatable bonds is 7. The molecule has 0 saturated heterocycles. The molecular formula is C18H20O2. The summed E-state index contributed by atoms with van der Waals surface area (Å²) in [5, 5.41) is 0. The molecule has 0 heterocycles. The van der Waals surface area contributed by atoms with E-state index in [1.54, 1.807) is 7.11 Å². The maximum Gasteiger partial charge on any atom is 0.124 e. The third kappa shape index (κ3) is 3.89. The number of hydrogen-bond donors (Lipinski definition) is 0. The van der Waals surface area contributed by atoms with Gasteiger partial charge >= 0.3 is 0 Å². The minimum atomic E-state index is 0.0290. The van der Waals surface area contributed by atoms with Crippen LogP contribution in [0.5, 0.6) is 11.5 Å². The molecule has 0 amide bonds. The Hall–Kier alpha value is -2.22. The SMILES string of the molecule is C=CCCC(Oc1ccccc1)c1ccc(OC)cc1. The number of ether oxygens (including phenoxy) is 2. The first-order valence-corrected chi connectivity index (χ1v) is 6.80. The molecule has 0 spiro atoms. The van der Waals surface area contributed by atoms with Gasteiger partial charge in [0.1, 0.15) is 17.6 Å². The second kappa shape index (κ2) is 7.39. The minimum absolute atomic E-state index is 0.0290. The van der Waals surface area contributed by atoms with Crippen molar-refractivity contribution in [3.05, 3.63) is 72.8 Å². The number of para-hydroxylation sites is 1. The first-order valence-electron chi connectivity index (χ1n) is 6.80. The molecule has 0 aliphatic carbocycles. The van der Waals surface area contributed by atoms with Gasteiger partial charge in [0.25, 0.3) is 0 Å². The zero-order valence-corrected chi connectivity index (χ0v) is 11.8. The van der Waals surface area contributed by atoms with Crippen LogP contribution >= 0.6 is 0 Å². The summed E-state index contributed by atoms with van der Waals surface area (Å²) in [4.78, 5) is 0. The summed E-state index contributed by atoms with van der Waals surface area (Å²) in [6.45, 7) is 3.79. The predicted octanol–water partition coefficient (Wildman–Crippen LogP) is 4.78. The normalized spacial score (nSPS) is 11.7. The average Bonchev–Trinajstić information content (AvgIpc) is 2.52. The quantitative estimate of drug-likeness (QED) is 0.673. The number of methoxy groups -OCH3 is 1. The highest BCUT2D eigenvalue weighted by Crippen LogP contribution is 2.27. The molecule has 2 aromatic carbocycles. The van der Waals surface area contributed by atoms with E-state index in [1.807, 2.05) is 48.5 Å². The zero-order valence-electron chi connectivity index (χ0n) is 11.8. The van der Waals surface area contributed by atoms with E-state index in [1.165, 1.54) is 0 Å². The van der Waals surface area contributed by atoms with Crippen molar-refractivity contribution >= 4 is 0 Å². The number of hydrogen-bond acceptors (Lipinski definition) is 2. The number of benzene rings is 2. The Balaban J connectivity index is 2.15. The van der Waals surface area contributed by atoms with Crippen LogP contribution in [0.4, 0.5) is 0 Å². The first kappa shape index (κ1) is 14.2. The highest BCUT2D eigenvalue weighted by atomic mass is 16.5. The van der Waals surface area contributed by atoms with E-state index in [-0.39, 0.29) is 6.10 Å². The van der Waals surface area contributed by atoms with Crippen molar-refractivity contribution in [3.8, 4) is 11.5 Å². The number of allylic oxidation sites excluding steroid dienone is 1. The predicted molar refractivity (Wildman–Crippen MR) is 82.2 cm³/mol. The van der Waals surface area contributed by atoms with Crippen LogP contribution in [0.15, 0.2) is 67.3 Å². The van der Waals surface area contributed by atoms with Crippen molar-refractivity contribution in [2.24, 2.45) is 0 Å². The van der Waals surface area contributed by atoms with E-state index >= 15 is 0 Å². The van der Waals surface area contributed by atoms with Gasteiger partial charge in [-0.1, -0.05) is 36.4 Å². The summed E-state index contributed by atoms with van der Waals surface area (Å²) in [7, 11) is 1.67. The molecule has 2 rings (SSSR count). The summed E-state index contributed by atoms with van der Waals surface area (Å²) < 4.78 is 11.3. The fourth-order valence-electron chi connectivity index (χ4n) is 2.04. The van der Waals surface area contributed by atoms with E-state index in [4.69, 9.17) is 9.47 Å². The zero-order chi connectivity index (χ0) is 14.2. The van der Waals surface area contributed by atoms with Gasteiger partial charge in [-0.15, -0.1) is 6.58 Å². The maximum atomic E-state index is 6.09. The van der Waals surface area contributed by atoms with Gasteiger partial charge in [0, 0.05) is 0 Å². The molecular weight excluding hydrogens is 248 g/mol. The Morgan fingerprint density at radius 3 is 2.30 bits per heavy atom. The third-order valence-corrected chi connectivity index (χ3v) is 3.14. The lowest BCUT2D eigenvalue weighted by atomic mass is 10.0. The van der Waals surface area contributed by atoms with E-state index in [9.17, 15) is 0 Å². The molecule has 20 heavy (non-hydrogen) atoms. The summed E-state index contributed by atoms with van der Waals surface area (Å²) in [5.41, 5.74) is 1.15. The van der Waals surface area contributed by atoms with Gasteiger partial charge < -0.3 is 9.47 Å². The lowest BCUT2D eigenvalue weighted by Crippen LogP contribution is -2.07. The van der Waals surface area contributed by atoms with Gasteiger partial charge in [-0.05, 0) is 42.7 Å². The van der Waals surface area contributed by atoms with Gasteiger partial charge in [-0.25, -0.2) is 0 Å². The lowest BCUT2D eigenvalue weighted by Gasteiger charge is -2.19. The summed E-state index contributed by atoms with van der Waals surface area (Å²) in [5.74, 6) is 1.74. The molecule has 0 aromatic heterocycles. The van der Waals surface area contributed by atoms with Crippen LogP contribution in [0, 0.1) is 0 Å². The van der Waals surface area contributed by atoms with Crippen LogP contribution in [-0.2, 0) is 0 Å². The van der Waals surface area contributed by atoms with Gasteiger partial charge in [0.05, 0.1) is 7.11 Å². The van der Waals surface area contributed by atoms with E-state index < -0.39 is 0 Å². The van der Waals surface area contributed by atoms with Gasteiger partial charge in [0.2, 0.25) is 0 Å². The van der Waals surface area contributed by atoms with Crippen LogP contribution in [0.2, 0.25) is 0 Å². The maximum absolute atomic E-state index is 6.09. The largest absolute Gasteiger partial charge is 0.497 e. The van der Waals surface area contributed by atoms with Crippen molar-refractivity contribution < 1.29 is 9.47 Å². The minimum Gasteiger partial charge on any atom is -0.497 e. The molecule has 0 saturated carbocycles. The van der Waals surface area contributed by atoms with Crippen molar-refractivity contribution in [1.82, 2.24) is 0 Å². The van der Waals surface area contributed by atoms with E-state index in [0.717, 1.165) is 29.9 Å². The van der Waals surface area contributed by atoms with Crippen LogP contribution < -0.4 is 9.47 Å². The van der Waals surface area contributed by atoms with Crippen LogP contribution in [0.25, 0.3) is 0 Å². The van der Waals surface area contributed by atoms with Crippen LogP contribution in [0.3, 0.4) is 0 Å². The fraction of sp³-hybridized carbons (Fsp3) is 0.222. The molecule has 0 radical (unpaired) electrons. The van der Waals surface area contributed by atoms with E-state index in [0.29, 0.717) is 0 Å². The fourth-order valence-corrected chi connectivity index (χ4v) is 2.04.